The number of amides is 1. The van der Waals surface area contributed by atoms with Crippen LogP contribution in [0.3, 0.4) is 0 Å². The lowest BCUT2D eigenvalue weighted by molar-refractivity contribution is -0.138. The van der Waals surface area contributed by atoms with Crippen molar-refractivity contribution in [3.63, 3.8) is 0 Å². The molecule has 1 rings (SSSR count). The fourth-order valence-corrected chi connectivity index (χ4v) is 1.48. The summed E-state index contributed by atoms with van der Waals surface area (Å²) in [6.07, 6.45) is -5.04. The summed E-state index contributed by atoms with van der Waals surface area (Å²) in [5.41, 5.74) is 6.67. The Hall–Kier alpha value is -1.76. The molecular formula is C13H17F3N2O2. The molecule has 0 bridgehead atoms. The Balaban J connectivity index is 2.12. The smallest absolute Gasteiger partial charge is 0.389 e. The first-order chi connectivity index (χ1) is 9.37. The molecule has 7 heteroatoms. The van der Waals surface area contributed by atoms with Gasteiger partial charge < -0.3 is 15.8 Å². The molecule has 0 atom stereocenters. The van der Waals surface area contributed by atoms with E-state index in [0.29, 0.717) is 11.4 Å². The van der Waals surface area contributed by atoms with Crippen LogP contribution in [0, 0.1) is 0 Å². The van der Waals surface area contributed by atoms with Gasteiger partial charge in [0.1, 0.15) is 0 Å². The van der Waals surface area contributed by atoms with E-state index in [1.807, 2.05) is 0 Å². The lowest BCUT2D eigenvalue weighted by atomic mass is 10.3. The molecule has 0 fully saturated rings. The number of hydrogen-bond donors (Lipinski definition) is 2. The monoisotopic (exact) mass is 290 g/mol. The molecule has 0 radical (unpaired) electrons. The largest absolute Gasteiger partial charge is 0.399 e. The average molecular weight is 290 g/mol. The fraction of sp³-hybridized carbons (Fsp3) is 0.462. The van der Waals surface area contributed by atoms with Gasteiger partial charge in [0.2, 0.25) is 5.91 Å². The number of carbonyl (C=O) groups excluding carboxylic acids is 1. The van der Waals surface area contributed by atoms with E-state index in [9.17, 15) is 18.0 Å². The highest BCUT2D eigenvalue weighted by Crippen LogP contribution is 2.21. The molecular weight excluding hydrogens is 273 g/mol. The maximum atomic E-state index is 11.8. The van der Waals surface area contributed by atoms with E-state index in [0.717, 1.165) is 0 Å². The second-order valence-corrected chi connectivity index (χ2v) is 4.25. The van der Waals surface area contributed by atoms with E-state index < -0.39 is 12.6 Å². The molecule has 0 aliphatic carbocycles. The zero-order valence-electron chi connectivity index (χ0n) is 10.9. The summed E-state index contributed by atoms with van der Waals surface area (Å²) < 4.78 is 40.5. The van der Waals surface area contributed by atoms with Crippen molar-refractivity contribution in [3.05, 3.63) is 24.3 Å². The first-order valence-corrected chi connectivity index (χ1v) is 6.17. The number of carbonyl (C=O) groups is 1. The molecule has 112 valence electrons. The van der Waals surface area contributed by atoms with Gasteiger partial charge in [0.15, 0.2) is 0 Å². The molecule has 0 aromatic heterocycles. The lowest BCUT2D eigenvalue weighted by Gasteiger charge is -2.08. The number of alkyl halides is 3. The van der Waals surface area contributed by atoms with Crippen LogP contribution in [0.5, 0.6) is 0 Å². The number of anilines is 2. The highest BCUT2D eigenvalue weighted by atomic mass is 19.4. The third-order valence-corrected chi connectivity index (χ3v) is 2.39. The van der Waals surface area contributed by atoms with Crippen LogP contribution in [0.1, 0.15) is 19.3 Å². The van der Waals surface area contributed by atoms with E-state index in [1.165, 1.54) is 0 Å². The van der Waals surface area contributed by atoms with Crippen molar-refractivity contribution < 1.29 is 22.7 Å². The van der Waals surface area contributed by atoms with Crippen LogP contribution >= 0.6 is 0 Å². The minimum Gasteiger partial charge on any atom is -0.399 e. The molecule has 1 aromatic rings. The quantitative estimate of drug-likeness (QED) is 0.599. The van der Waals surface area contributed by atoms with Crippen LogP contribution in [0.15, 0.2) is 24.3 Å². The summed E-state index contributed by atoms with van der Waals surface area (Å²) in [5.74, 6) is -0.272. The van der Waals surface area contributed by atoms with Crippen molar-refractivity contribution in [2.75, 3.05) is 24.3 Å². The summed E-state index contributed by atoms with van der Waals surface area (Å²) in [7, 11) is 0. The Morgan fingerprint density at radius 1 is 1.30 bits per heavy atom. The van der Waals surface area contributed by atoms with Crippen LogP contribution in [0.4, 0.5) is 24.5 Å². The number of nitrogens with one attached hydrogen (secondary N) is 1. The van der Waals surface area contributed by atoms with Gasteiger partial charge in [-0.25, -0.2) is 0 Å². The molecule has 4 nitrogen and oxygen atoms in total. The Labute approximate surface area is 115 Å². The summed E-state index contributed by atoms with van der Waals surface area (Å²) in [5, 5.41) is 2.62. The standard InChI is InChI=1S/C13H17F3N2O2/c14-13(15,16)6-2-7-20-8-5-12(19)18-11-4-1-3-10(17)9-11/h1,3-4,9H,2,5-8,17H2,(H,18,19). The second-order valence-electron chi connectivity index (χ2n) is 4.25. The number of rotatable bonds is 7. The summed E-state index contributed by atoms with van der Waals surface area (Å²) in [6, 6.07) is 6.71. The number of benzene rings is 1. The topological polar surface area (TPSA) is 64.3 Å². The first kappa shape index (κ1) is 16.3. The van der Waals surface area contributed by atoms with E-state index in [-0.39, 0.29) is 32.0 Å². The van der Waals surface area contributed by atoms with Gasteiger partial charge >= 0.3 is 6.18 Å². The highest BCUT2D eigenvalue weighted by molar-refractivity contribution is 5.91. The summed E-state index contributed by atoms with van der Waals surface area (Å²) in [4.78, 5) is 11.5. The maximum Gasteiger partial charge on any atom is 0.389 e. The van der Waals surface area contributed by atoms with Crippen molar-refractivity contribution in [2.24, 2.45) is 0 Å². The molecule has 0 aliphatic rings. The van der Waals surface area contributed by atoms with Crippen LogP contribution < -0.4 is 11.1 Å². The highest BCUT2D eigenvalue weighted by Gasteiger charge is 2.25. The Kier molecular flexibility index (Phi) is 6.30. The molecule has 0 spiro atoms. The van der Waals surface area contributed by atoms with E-state index in [1.54, 1.807) is 24.3 Å². The Bertz CT molecular complexity index is 436. The van der Waals surface area contributed by atoms with Crippen molar-refractivity contribution in [1.82, 2.24) is 0 Å². The zero-order valence-corrected chi connectivity index (χ0v) is 10.9. The molecule has 0 unspecified atom stereocenters. The van der Waals surface area contributed by atoms with Gasteiger partial charge in [-0.15, -0.1) is 0 Å². The third kappa shape index (κ3) is 7.63. The van der Waals surface area contributed by atoms with Gasteiger partial charge in [0.25, 0.3) is 0 Å². The van der Waals surface area contributed by atoms with Crippen molar-refractivity contribution >= 4 is 17.3 Å². The van der Waals surface area contributed by atoms with Gasteiger partial charge in [-0.1, -0.05) is 6.07 Å². The van der Waals surface area contributed by atoms with Gasteiger partial charge in [-0.05, 0) is 24.6 Å². The normalized spacial score (nSPS) is 11.3. The number of hydrogen-bond acceptors (Lipinski definition) is 3. The molecule has 0 aliphatic heterocycles. The molecule has 1 aromatic carbocycles. The van der Waals surface area contributed by atoms with E-state index >= 15 is 0 Å². The predicted molar refractivity (Wildman–Crippen MR) is 70.2 cm³/mol. The van der Waals surface area contributed by atoms with Crippen LogP contribution in [-0.4, -0.2) is 25.3 Å². The lowest BCUT2D eigenvalue weighted by Crippen LogP contribution is -2.15. The summed E-state index contributed by atoms with van der Waals surface area (Å²) >= 11 is 0. The minimum absolute atomic E-state index is 0.00885. The van der Waals surface area contributed by atoms with E-state index in [2.05, 4.69) is 5.32 Å². The number of halogens is 3. The molecule has 3 N–H and O–H groups in total. The predicted octanol–water partition coefficient (Wildman–Crippen LogP) is 2.96. The average Bonchev–Trinajstić information content (AvgIpc) is 2.32. The number of nitrogen functional groups attached to an aromatic ring is 1. The maximum absolute atomic E-state index is 11.8. The van der Waals surface area contributed by atoms with Crippen molar-refractivity contribution in [3.8, 4) is 0 Å². The number of ether oxygens (including phenoxy) is 1. The fourth-order valence-electron chi connectivity index (χ4n) is 1.48. The molecule has 1 amide bonds. The molecule has 0 saturated heterocycles. The third-order valence-electron chi connectivity index (χ3n) is 2.39. The Morgan fingerprint density at radius 2 is 2.05 bits per heavy atom. The first-order valence-electron chi connectivity index (χ1n) is 6.17. The van der Waals surface area contributed by atoms with Gasteiger partial charge in [-0.3, -0.25) is 4.79 Å². The molecule has 20 heavy (non-hydrogen) atoms. The van der Waals surface area contributed by atoms with Crippen LogP contribution in [-0.2, 0) is 9.53 Å². The van der Waals surface area contributed by atoms with Crippen molar-refractivity contribution in [1.29, 1.82) is 0 Å². The van der Waals surface area contributed by atoms with E-state index in [4.69, 9.17) is 10.5 Å². The van der Waals surface area contributed by atoms with Crippen LogP contribution in [0.25, 0.3) is 0 Å². The SMILES string of the molecule is Nc1cccc(NC(=O)CCOCCCC(F)(F)F)c1. The molecule has 0 heterocycles. The van der Waals surface area contributed by atoms with Crippen LogP contribution in [0.2, 0.25) is 0 Å². The second kappa shape index (κ2) is 7.74. The van der Waals surface area contributed by atoms with Crippen molar-refractivity contribution in [2.45, 2.75) is 25.4 Å². The molecule has 0 saturated carbocycles. The number of nitrogens with two attached hydrogens (primary N) is 1. The Morgan fingerprint density at radius 3 is 2.70 bits per heavy atom. The van der Waals surface area contributed by atoms with Gasteiger partial charge in [-0.2, -0.15) is 13.2 Å². The zero-order chi connectivity index (χ0) is 15.0. The van der Waals surface area contributed by atoms with Gasteiger partial charge in [0, 0.05) is 24.4 Å². The van der Waals surface area contributed by atoms with Gasteiger partial charge in [0.05, 0.1) is 13.0 Å². The minimum atomic E-state index is -4.16. The summed E-state index contributed by atoms with van der Waals surface area (Å²) in [6.45, 7) is 0.0804.